The monoisotopic (exact) mass is 570 g/mol. The smallest absolute Gasteiger partial charge is 0.411 e. The van der Waals surface area contributed by atoms with Crippen LogP contribution in [0, 0.1) is 0 Å². The maximum Gasteiger partial charge on any atom is 0.411 e. The van der Waals surface area contributed by atoms with Gasteiger partial charge in [0.2, 0.25) is 5.78 Å². The van der Waals surface area contributed by atoms with Crippen LogP contribution < -0.4 is 9.47 Å². The number of ether oxygens (including phenoxy) is 4. The number of rotatable bonds is 7. The summed E-state index contributed by atoms with van der Waals surface area (Å²) in [6, 6.07) is 13.4. The van der Waals surface area contributed by atoms with Crippen LogP contribution in [-0.2, 0) is 22.5 Å². The summed E-state index contributed by atoms with van der Waals surface area (Å²) in [7, 11) is 2.92. The number of methoxy groups -OCH3 is 2. The Balaban J connectivity index is 1.52. The van der Waals surface area contributed by atoms with Crippen molar-refractivity contribution >= 4 is 23.9 Å². The van der Waals surface area contributed by atoms with Crippen molar-refractivity contribution in [2.75, 3.05) is 20.8 Å². The summed E-state index contributed by atoms with van der Waals surface area (Å²) in [5, 5.41) is 0. The largest absolute Gasteiger partial charge is 0.493 e. The second kappa shape index (κ2) is 11.9. The molecule has 1 atom stereocenters. The minimum absolute atomic E-state index is 0.295. The molecule has 0 spiro atoms. The molecule has 1 aliphatic rings. The highest BCUT2D eigenvalue weighted by Gasteiger charge is 2.33. The van der Waals surface area contributed by atoms with E-state index in [9.17, 15) is 9.59 Å². The first-order valence-electron chi connectivity index (χ1n) is 13.6. The molecule has 1 amide bonds. The first-order chi connectivity index (χ1) is 20.2. The molecule has 2 aromatic carbocycles. The fraction of sp³-hybridized carbons (Fsp3) is 0.312. The number of amides is 1. The number of carbonyl (C=O) groups excluding carboxylic acids is 2. The van der Waals surface area contributed by atoms with E-state index >= 15 is 0 Å². The van der Waals surface area contributed by atoms with Crippen LogP contribution in [0.1, 0.15) is 59.6 Å². The van der Waals surface area contributed by atoms with Crippen LogP contribution in [0.5, 0.6) is 11.5 Å². The molecule has 0 saturated heterocycles. The highest BCUT2D eigenvalue weighted by Crippen LogP contribution is 2.40. The zero-order chi connectivity index (χ0) is 29.9. The van der Waals surface area contributed by atoms with Crippen LogP contribution in [-0.4, -0.2) is 57.7 Å². The van der Waals surface area contributed by atoms with Gasteiger partial charge in [-0.3, -0.25) is 9.30 Å². The SMILES string of the molecule is COC(=O)c1cnc2ncc(/C=C/C3c4cc(OC)c(OCc5ccccc5)cc4CCN3C(=O)OC(C)(C)C)n2c1. The van der Waals surface area contributed by atoms with Crippen molar-refractivity contribution in [2.24, 2.45) is 0 Å². The molecule has 42 heavy (non-hydrogen) atoms. The lowest BCUT2D eigenvalue weighted by Gasteiger charge is -2.37. The molecule has 0 radical (unpaired) electrons. The predicted molar refractivity (Wildman–Crippen MR) is 157 cm³/mol. The lowest BCUT2D eigenvalue weighted by Crippen LogP contribution is -2.42. The molecule has 3 heterocycles. The van der Waals surface area contributed by atoms with Gasteiger partial charge in [-0.25, -0.2) is 19.6 Å². The molecule has 10 heteroatoms. The van der Waals surface area contributed by atoms with Crippen LogP contribution in [0.4, 0.5) is 4.79 Å². The van der Waals surface area contributed by atoms with Crippen LogP contribution in [0.15, 0.2) is 67.1 Å². The van der Waals surface area contributed by atoms with Crippen molar-refractivity contribution in [1.29, 1.82) is 0 Å². The van der Waals surface area contributed by atoms with E-state index in [4.69, 9.17) is 18.9 Å². The Morgan fingerprint density at radius 2 is 1.81 bits per heavy atom. The van der Waals surface area contributed by atoms with E-state index in [2.05, 4.69) is 9.97 Å². The molecular formula is C32H34N4O6. The van der Waals surface area contributed by atoms with Gasteiger partial charge in [0.05, 0.1) is 37.7 Å². The molecule has 0 fully saturated rings. The number of nitrogens with zero attached hydrogens (tertiary/aromatic N) is 4. The number of fused-ring (bicyclic) bond motifs is 2. The van der Waals surface area contributed by atoms with Crippen molar-refractivity contribution in [3.8, 4) is 11.5 Å². The Kier molecular flexibility index (Phi) is 8.15. The van der Waals surface area contributed by atoms with Crippen molar-refractivity contribution in [3.63, 3.8) is 0 Å². The second-order valence-corrected chi connectivity index (χ2v) is 10.9. The molecule has 0 bridgehead atoms. The maximum absolute atomic E-state index is 13.4. The third-order valence-electron chi connectivity index (χ3n) is 6.83. The van der Waals surface area contributed by atoms with E-state index in [1.54, 1.807) is 28.8 Å². The van der Waals surface area contributed by atoms with Crippen molar-refractivity contribution in [2.45, 2.75) is 45.4 Å². The fourth-order valence-corrected chi connectivity index (χ4v) is 4.83. The maximum atomic E-state index is 13.4. The van der Waals surface area contributed by atoms with Crippen LogP contribution in [0.25, 0.3) is 11.9 Å². The van der Waals surface area contributed by atoms with E-state index < -0.39 is 23.7 Å². The molecular weight excluding hydrogens is 536 g/mol. The molecule has 0 aliphatic carbocycles. The first kappa shape index (κ1) is 28.7. The summed E-state index contributed by atoms with van der Waals surface area (Å²) in [5.41, 5.74) is 3.30. The Bertz CT molecular complexity index is 1620. The molecule has 0 N–H and O–H groups in total. The van der Waals surface area contributed by atoms with E-state index in [0.717, 1.165) is 16.7 Å². The van der Waals surface area contributed by atoms with Gasteiger partial charge in [0.25, 0.3) is 0 Å². The van der Waals surface area contributed by atoms with E-state index in [1.165, 1.54) is 13.3 Å². The minimum atomic E-state index is -0.657. The van der Waals surface area contributed by atoms with Gasteiger partial charge in [0.1, 0.15) is 12.2 Å². The fourth-order valence-electron chi connectivity index (χ4n) is 4.83. The third kappa shape index (κ3) is 6.22. The van der Waals surface area contributed by atoms with Gasteiger partial charge in [0.15, 0.2) is 11.5 Å². The van der Waals surface area contributed by atoms with Crippen molar-refractivity contribution in [3.05, 3.63) is 95.1 Å². The number of carbonyl (C=O) groups is 2. The zero-order valence-corrected chi connectivity index (χ0v) is 24.4. The number of hydrogen-bond acceptors (Lipinski definition) is 8. The van der Waals surface area contributed by atoms with E-state index in [0.29, 0.717) is 48.1 Å². The highest BCUT2D eigenvalue weighted by molar-refractivity contribution is 5.88. The van der Waals surface area contributed by atoms with Gasteiger partial charge in [-0.1, -0.05) is 36.4 Å². The topological polar surface area (TPSA) is 104 Å². The zero-order valence-electron chi connectivity index (χ0n) is 24.4. The van der Waals surface area contributed by atoms with E-state index in [1.807, 2.05) is 75.4 Å². The van der Waals surface area contributed by atoms with Crippen molar-refractivity contribution < 1.29 is 28.5 Å². The van der Waals surface area contributed by atoms with Gasteiger partial charge >= 0.3 is 12.1 Å². The lowest BCUT2D eigenvalue weighted by atomic mass is 9.91. The van der Waals surface area contributed by atoms with Crippen molar-refractivity contribution in [1.82, 2.24) is 19.3 Å². The van der Waals surface area contributed by atoms with Gasteiger partial charge < -0.3 is 18.9 Å². The summed E-state index contributed by atoms with van der Waals surface area (Å²) >= 11 is 0. The molecule has 1 aliphatic heterocycles. The summed E-state index contributed by atoms with van der Waals surface area (Å²) < 4.78 is 24.2. The standard InChI is InChI=1S/C32H34N4O6/c1-32(2,3)42-31(38)35-14-13-22-15-28(41-20-21-9-7-6-8-10-21)27(39-4)16-25(22)26(35)12-11-24-18-34-30-33-17-23(19-36(24)30)29(37)40-5/h6-12,15-19,26H,13-14,20H2,1-5H3/b12-11+. The summed E-state index contributed by atoms with van der Waals surface area (Å²) in [4.78, 5) is 35.8. The normalized spacial score (nSPS) is 15.0. The number of hydrogen-bond donors (Lipinski definition) is 0. The predicted octanol–water partition coefficient (Wildman–Crippen LogP) is 5.65. The Morgan fingerprint density at radius 1 is 1.05 bits per heavy atom. The Hall–Kier alpha value is -4.86. The van der Waals surface area contributed by atoms with Gasteiger partial charge in [0, 0.05) is 18.9 Å². The first-order valence-corrected chi connectivity index (χ1v) is 13.6. The average molecular weight is 571 g/mol. The van der Waals surface area contributed by atoms with Crippen LogP contribution in [0.2, 0.25) is 0 Å². The molecule has 4 aromatic rings. The minimum Gasteiger partial charge on any atom is -0.493 e. The number of benzene rings is 2. The highest BCUT2D eigenvalue weighted by atomic mass is 16.6. The Morgan fingerprint density at radius 3 is 2.52 bits per heavy atom. The number of aromatic nitrogens is 3. The van der Waals surface area contributed by atoms with Gasteiger partial charge in [-0.05, 0) is 62.1 Å². The summed E-state index contributed by atoms with van der Waals surface area (Å²) in [6.45, 7) is 6.38. The quantitative estimate of drug-likeness (QED) is 0.263. The molecule has 1 unspecified atom stereocenters. The average Bonchev–Trinajstić information content (AvgIpc) is 3.39. The number of esters is 1. The molecule has 0 saturated carbocycles. The van der Waals surface area contributed by atoms with Crippen LogP contribution >= 0.6 is 0 Å². The van der Waals surface area contributed by atoms with Gasteiger partial charge in [-0.2, -0.15) is 0 Å². The van der Waals surface area contributed by atoms with Crippen LogP contribution in [0.3, 0.4) is 0 Å². The third-order valence-corrected chi connectivity index (χ3v) is 6.83. The lowest BCUT2D eigenvalue weighted by molar-refractivity contribution is 0.0184. The summed E-state index contributed by atoms with van der Waals surface area (Å²) in [5.74, 6) is 1.13. The Labute approximate surface area is 244 Å². The molecule has 2 aromatic heterocycles. The second-order valence-electron chi connectivity index (χ2n) is 10.9. The molecule has 218 valence electrons. The summed E-state index contributed by atoms with van der Waals surface area (Å²) in [6.07, 6.45) is 8.67. The molecule has 10 nitrogen and oxygen atoms in total. The van der Waals surface area contributed by atoms with E-state index in [-0.39, 0.29) is 0 Å². The molecule has 5 rings (SSSR count). The van der Waals surface area contributed by atoms with Gasteiger partial charge in [-0.15, -0.1) is 0 Å². The number of imidazole rings is 1.